The van der Waals surface area contributed by atoms with E-state index in [4.69, 9.17) is 15.2 Å². The van der Waals surface area contributed by atoms with Crippen molar-refractivity contribution in [2.75, 3.05) is 26.8 Å². The van der Waals surface area contributed by atoms with Crippen molar-refractivity contribution in [1.29, 1.82) is 0 Å². The summed E-state index contributed by atoms with van der Waals surface area (Å²) in [6, 6.07) is 15.7. The Kier molecular flexibility index (Phi) is 6.83. The SMILES string of the molecule is COc1ccc2c(c1)CCOC21CCN(C(=O)[C@H](N)Cc2ccccc2)CC1.Cl. The van der Waals surface area contributed by atoms with Gasteiger partial charge in [0.2, 0.25) is 5.91 Å². The van der Waals surface area contributed by atoms with Crippen molar-refractivity contribution in [3.63, 3.8) is 0 Å². The highest BCUT2D eigenvalue weighted by molar-refractivity contribution is 5.85. The fraction of sp³-hybridized carbons (Fsp3) is 0.435. The van der Waals surface area contributed by atoms with Crippen LogP contribution in [-0.2, 0) is 28.0 Å². The van der Waals surface area contributed by atoms with E-state index in [0.29, 0.717) is 26.1 Å². The Balaban J connectivity index is 0.00000240. The number of hydrogen-bond donors (Lipinski definition) is 1. The van der Waals surface area contributed by atoms with Gasteiger partial charge in [-0.15, -0.1) is 12.4 Å². The lowest BCUT2D eigenvalue weighted by atomic mass is 9.79. The molecule has 1 atom stereocenters. The van der Waals surface area contributed by atoms with Gasteiger partial charge in [-0.1, -0.05) is 36.4 Å². The number of nitrogens with zero attached hydrogens (tertiary/aromatic N) is 1. The van der Waals surface area contributed by atoms with E-state index in [1.54, 1.807) is 7.11 Å². The number of fused-ring (bicyclic) bond motifs is 2. The molecule has 2 aliphatic rings. The zero-order valence-electron chi connectivity index (χ0n) is 16.8. The van der Waals surface area contributed by atoms with Crippen LogP contribution in [-0.4, -0.2) is 43.7 Å². The fourth-order valence-electron chi connectivity index (χ4n) is 4.47. The van der Waals surface area contributed by atoms with Crippen LogP contribution in [0.15, 0.2) is 48.5 Å². The molecule has 1 spiro atoms. The van der Waals surface area contributed by atoms with Crippen molar-refractivity contribution in [2.24, 2.45) is 5.73 Å². The van der Waals surface area contributed by atoms with Crippen molar-refractivity contribution in [3.8, 4) is 5.75 Å². The Hall–Kier alpha value is -2.08. The van der Waals surface area contributed by atoms with Gasteiger partial charge >= 0.3 is 0 Å². The Labute approximate surface area is 178 Å². The molecule has 2 aromatic carbocycles. The zero-order chi connectivity index (χ0) is 19.6. The number of halogens is 1. The molecule has 1 saturated heterocycles. The van der Waals surface area contributed by atoms with Crippen molar-refractivity contribution in [2.45, 2.75) is 37.3 Å². The molecule has 0 aromatic heterocycles. The van der Waals surface area contributed by atoms with Crippen LogP contribution in [0.3, 0.4) is 0 Å². The summed E-state index contributed by atoms with van der Waals surface area (Å²) < 4.78 is 11.7. The topological polar surface area (TPSA) is 64.8 Å². The maximum absolute atomic E-state index is 12.8. The van der Waals surface area contributed by atoms with Gasteiger partial charge in [0.15, 0.2) is 0 Å². The van der Waals surface area contributed by atoms with Gasteiger partial charge in [-0.3, -0.25) is 4.79 Å². The van der Waals surface area contributed by atoms with Gasteiger partial charge in [-0.25, -0.2) is 0 Å². The molecule has 0 aliphatic carbocycles. The predicted molar refractivity (Wildman–Crippen MR) is 116 cm³/mol. The van der Waals surface area contributed by atoms with E-state index >= 15 is 0 Å². The summed E-state index contributed by atoms with van der Waals surface area (Å²) in [5.41, 5.74) is 9.57. The van der Waals surface area contributed by atoms with E-state index in [9.17, 15) is 4.79 Å². The van der Waals surface area contributed by atoms with Crippen LogP contribution < -0.4 is 10.5 Å². The monoisotopic (exact) mass is 416 g/mol. The number of methoxy groups -OCH3 is 1. The van der Waals surface area contributed by atoms with Crippen LogP contribution in [0, 0.1) is 0 Å². The first-order valence-electron chi connectivity index (χ1n) is 10.0. The molecular weight excluding hydrogens is 388 g/mol. The van der Waals surface area contributed by atoms with Crippen LogP contribution in [0.2, 0.25) is 0 Å². The second-order valence-electron chi connectivity index (χ2n) is 7.74. The second kappa shape index (κ2) is 9.16. The Morgan fingerprint density at radius 2 is 1.93 bits per heavy atom. The third-order valence-electron chi connectivity index (χ3n) is 6.05. The first-order valence-corrected chi connectivity index (χ1v) is 10.0. The Morgan fingerprint density at radius 1 is 1.21 bits per heavy atom. The molecule has 2 N–H and O–H groups in total. The van der Waals surface area contributed by atoms with E-state index in [0.717, 1.165) is 30.6 Å². The Morgan fingerprint density at radius 3 is 2.62 bits per heavy atom. The minimum Gasteiger partial charge on any atom is -0.497 e. The van der Waals surface area contributed by atoms with Crippen molar-refractivity contribution in [3.05, 3.63) is 65.2 Å². The number of hydrogen-bond acceptors (Lipinski definition) is 4. The van der Waals surface area contributed by atoms with Crippen LogP contribution in [0.5, 0.6) is 5.75 Å². The summed E-state index contributed by atoms with van der Waals surface area (Å²) >= 11 is 0. The Bertz CT molecular complexity index is 835. The molecule has 29 heavy (non-hydrogen) atoms. The number of nitrogens with two attached hydrogens (primary N) is 1. The summed E-state index contributed by atoms with van der Waals surface area (Å²) in [6.07, 6.45) is 3.07. The normalized spacial score (nSPS) is 18.5. The molecule has 4 rings (SSSR count). The number of piperidine rings is 1. The average Bonchev–Trinajstić information content (AvgIpc) is 2.74. The van der Waals surface area contributed by atoms with Crippen LogP contribution in [0.1, 0.15) is 29.5 Å². The van der Waals surface area contributed by atoms with Gasteiger partial charge in [0.05, 0.1) is 25.4 Å². The molecule has 0 unspecified atom stereocenters. The lowest BCUT2D eigenvalue weighted by Crippen LogP contribution is -2.52. The van der Waals surface area contributed by atoms with E-state index < -0.39 is 6.04 Å². The molecule has 2 aromatic rings. The minimum absolute atomic E-state index is 0. The van der Waals surface area contributed by atoms with Crippen molar-refractivity contribution < 1.29 is 14.3 Å². The van der Waals surface area contributed by atoms with E-state index in [1.807, 2.05) is 41.3 Å². The first-order chi connectivity index (χ1) is 13.6. The molecule has 0 radical (unpaired) electrons. The highest BCUT2D eigenvalue weighted by Gasteiger charge is 2.42. The summed E-state index contributed by atoms with van der Waals surface area (Å²) in [6.45, 7) is 2.06. The molecule has 5 nitrogen and oxygen atoms in total. The van der Waals surface area contributed by atoms with Gasteiger partial charge in [-0.2, -0.15) is 0 Å². The predicted octanol–water partition coefficient (Wildman–Crippen LogP) is 3.08. The number of amides is 1. The van der Waals surface area contributed by atoms with Gasteiger partial charge in [0, 0.05) is 13.1 Å². The minimum atomic E-state index is -0.500. The maximum atomic E-state index is 12.8. The summed E-state index contributed by atoms with van der Waals surface area (Å²) in [5, 5.41) is 0. The van der Waals surface area contributed by atoms with Gasteiger partial charge in [-0.05, 0) is 54.5 Å². The molecular formula is C23H29ClN2O3. The first kappa shape index (κ1) is 21.6. The summed E-state index contributed by atoms with van der Waals surface area (Å²) in [7, 11) is 1.69. The summed E-state index contributed by atoms with van der Waals surface area (Å²) in [5.74, 6) is 0.916. The smallest absolute Gasteiger partial charge is 0.239 e. The molecule has 156 valence electrons. The third kappa shape index (κ3) is 4.42. The lowest BCUT2D eigenvalue weighted by Gasteiger charge is -2.45. The van der Waals surface area contributed by atoms with E-state index in [-0.39, 0.29) is 23.9 Å². The lowest BCUT2D eigenvalue weighted by molar-refractivity contribution is -0.142. The molecule has 0 bridgehead atoms. The third-order valence-corrected chi connectivity index (χ3v) is 6.05. The number of ether oxygens (including phenoxy) is 2. The average molecular weight is 417 g/mol. The van der Waals surface area contributed by atoms with Crippen molar-refractivity contribution in [1.82, 2.24) is 4.90 Å². The molecule has 6 heteroatoms. The van der Waals surface area contributed by atoms with Crippen LogP contribution >= 0.6 is 12.4 Å². The molecule has 1 fully saturated rings. The highest BCUT2D eigenvalue weighted by atomic mass is 35.5. The summed E-state index contributed by atoms with van der Waals surface area (Å²) in [4.78, 5) is 14.7. The number of carbonyl (C=O) groups is 1. The molecule has 2 heterocycles. The number of carbonyl (C=O) groups excluding carboxylic acids is 1. The largest absolute Gasteiger partial charge is 0.497 e. The zero-order valence-corrected chi connectivity index (χ0v) is 17.6. The number of likely N-dealkylation sites (tertiary alicyclic amines) is 1. The van der Waals surface area contributed by atoms with Gasteiger partial charge in [0.1, 0.15) is 5.75 Å². The maximum Gasteiger partial charge on any atom is 0.239 e. The highest BCUT2D eigenvalue weighted by Crippen LogP contribution is 2.42. The quantitative estimate of drug-likeness (QED) is 0.831. The number of benzene rings is 2. The van der Waals surface area contributed by atoms with Crippen LogP contribution in [0.25, 0.3) is 0 Å². The van der Waals surface area contributed by atoms with Gasteiger partial charge < -0.3 is 20.1 Å². The molecule has 2 aliphatic heterocycles. The van der Waals surface area contributed by atoms with E-state index in [1.165, 1.54) is 11.1 Å². The fourth-order valence-corrected chi connectivity index (χ4v) is 4.47. The van der Waals surface area contributed by atoms with E-state index in [2.05, 4.69) is 12.1 Å². The molecule has 1 amide bonds. The standard InChI is InChI=1S/C23H28N2O3.ClH/c1-27-19-7-8-20-18(16-19)9-14-28-23(20)10-12-25(13-11-23)22(26)21(24)15-17-5-3-2-4-6-17;/h2-8,16,21H,9-15,24H2,1H3;1H/t21-;/m1./s1. The van der Waals surface area contributed by atoms with Crippen molar-refractivity contribution >= 4 is 18.3 Å². The number of rotatable bonds is 4. The van der Waals surface area contributed by atoms with Crippen LogP contribution in [0.4, 0.5) is 0 Å². The molecule has 0 saturated carbocycles. The second-order valence-corrected chi connectivity index (χ2v) is 7.74. The van der Waals surface area contributed by atoms with Gasteiger partial charge in [0.25, 0.3) is 0 Å².